The van der Waals surface area contributed by atoms with Crippen molar-refractivity contribution >= 4 is 11.9 Å². The first kappa shape index (κ1) is 16.2. The Labute approximate surface area is 124 Å². The molecule has 0 aromatic carbocycles. The van der Waals surface area contributed by atoms with Crippen LogP contribution in [-0.4, -0.2) is 55.7 Å². The molecular weight excluding hydrogens is 278 g/mol. The molecule has 0 aromatic rings. The topological polar surface area (TPSA) is 74.3 Å². The molecule has 0 aromatic heterocycles. The fraction of sp³-hybridized carbons (Fsp3) is 0.857. The van der Waals surface area contributed by atoms with Crippen molar-refractivity contribution in [3.05, 3.63) is 0 Å². The second-order valence-corrected chi connectivity index (χ2v) is 5.00. The van der Waals surface area contributed by atoms with Crippen LogP contribution in [0.4, 0.5) is 0 Å². The molecule has 2 rings (SSSR count). The fourth-order valence-corrected chi connectivity index (χ4v) is 3.05. The van der Waals surface area contributed by atoms with Crippen molar-refractivity contribution in [2.24, 2.45) is 5.41 Å². The second kappa shape index (κ2) is 6.72. The summed E-state index contributed by atoms with van der Waals surface area (Å²) in [5.41, 5.74) is -1.56. The van der Waals surface area contributed by atoms with E-state index in [0.29, 0.717) is 19.6 Å². The van der Waals surface area contributed by atoms with Gasteiger partial charge in [-0.2, -0.15) is 5.06 Å². The molecule has 7 nitrogen and oxygen atoms in total. The summed E-state index contributed by atoms with van der Waals surface area (Å²) in [6, 6.07) is -0.396. The van der Waals surface area contributed by atoms with Crippen LogP contribution in [-0.2, 0) is 28.6 Å². The van der Waals surface area contributed by atoms with Gasteiger partial charge in [0, 0.05) is 13.2 Å². The minimum Gasteiger partial charge on any atom is -0.465 e. The lowest BCUT2D eigenvalue weighted by molar-refractivity contribution is -0.248. The van der Waals surface area contributed by atoms with Crippen molar-refractivity contribution in [1.29, 1.82) is 0 Å². The van der Waals surface area contributed by atoms with Crippen molar-refractivity contribution < 1.29 is 28.6 Å². The van der Waals surface area contributed by atoms with E-state index in [1.807, 2.05) is 0 Å². The van der Waals surface area contributed by atoms with E-state index in [4.69, 9.17) is 19.0 Å². The third-order valence-electron chi connectivity index (χ3n) is 3.88. The monoisotopic (exact) mass is 301 g/mol. The minimum atomic E-state index is -1.56. The molecule has 0 saturated carbocycles. The number of carbonyl (C=O) groups is 2. The molecule has 2 atom stereocenters. The summed E-state index contributed by atoms with van der Waals surface area (Å²) in [5.74, 6) is -1.26. The molecular formula is C14H23NO6. The summed E-state index contributed by atoms with van der Waals surface area (Å²) < 4.78 is 15.8. The molecule has 0 unspecified atom stereocenters. The van der Waals surface area contributed by atoms with E-state index in [1.54, 1.807) is 25.8 Å². The lowest BCUT2D eigenvalue weighted by Crippen LogP contribution is -2.55. The Morgan fingerprint density at radius 3 is 2.29 bits per heavy atom. The van der Waals surface area contributed by atoms with Gasteiger partial charge >= 0.3 is 11.9 Å². The van der Waals surface area contributed by atoms with E-state index < -0.39 is 29.7 Å². The smallest absolute Gasteiger partial charge is 0.330 e. The Bertz CT molecular complexity index is 381. The normalized spacial score (nSPS) is 27.4. The summed E-state index contributed by atoms with van der Waals surface area (Å²) in [5, 5.41) is 1.66. The quantitative estimate of drug-likeness (QED) is 0.532. The number of hydrogen-bond acceptors (Lipinski definition) is 7. The van der Waals surface area contributed by atoms with Crippen LogP contribution < -0.4 is 0 Å². The Morgan fingerprint density at radius 1 is 1.14 bits per heavy atom. The molecule has 2 heterocycles. The van der Waals surface area contributed by atoms with Crippen LogP contribution in [0.3, 0.4) is 0 Å². The summed E-state index contributed by atoms with van der Waals surface area (Å²) in [7, 11) is 0. The van der Waals surface area contributed by atoms with Gasteiger partial charge in [-0.1, -0.05) is 0 Å². The molecule has 2 aliphatic heterocycles. The maximum atomic E-state index is 12.6. The zero-order valence-electron chi connectivity index (χ0n) is 12.8. The van der Waals surface area contributed by atoms with Gasteiger partial charge in [-0.05, 0) is 33.6 Å². The zero-order valence-corrected chi connectivity index (χ0v) is 12.8. The van der Waals surface area contributed by atoms with E-state index in [-0.39, 0.29) is 13.2 Å². The van der Waals surface area contributed by atoms with E-state index in [2.05, 4.69) is 0 Å². The van der Waals surface area contributed by atoms with Gasteiger partial charge in [0.05, 0.1) is 19.3 Å². The van der Waals surface area contributed by atoms with Crippen molar-refractivity contribution in [3.63, 3.8) is 0 Å². The number of carbonyl (C=O) groups excluding carboxylic acids is 2. The largest absolute Gasteiger partial charge is 0.465 e. The van der Waals surface area contributed by atoms with Crippen LogP contribution in [0.1, 0.15) is 33.6 Å². The van der Waals surface area contributed by atoms with Gasteiger partial charge in [0.2, 0.25) is 11.7 Å². The molecule has 21 heavy (non-hydrogen) atoms. The zero-order chi connectivity index (χ0) is 15.5. The first-order valence-corrected chi connectivity index (χ1v) is 7.52. The predicted molar refractivity (Wildman–Crippen MR) is 71.9 cm³/mol. The van der Waals surface area contributed by atoms with Gasteiger partial charge < -0.3 is 14.2 Å². The summed E-state index contributed by atoms with van der Waals surface area (Å²) in [6.07, 6.45) is 0.525. The van der Waals surface area contributed by atoms with Crippen molar-refractivity contribution in [2.45, 2.75) is 45.9 Å². The Kier molecular flexibility index (Phi) is 5.18. The predicted octanol–water partition coefficient (Wildman–Crippen LogP) is 0.871. The number of ether oxygens (including phenoxy) is 3. The van der Waals surface area contributed by atoms with E-state index in [1.165, 1.54) is 0 Å². The third kappa shape index (κ3) is 2.54. The maximum absolute atomic E-state index is 12.6. The highest BCUT2D eigenvalue weighted by atomic mass is 16.8. The number of fused-ring (bicyclic) bond motifs is 1. The molecule has 120 valence electrons. The average Bonchev–Trinajstić information content (AvgIpc) is 2.99. The first-order chi connectivity index (χ1) is 10.1. The number of hydrogen-bond donors (Lipinski definition) is 0. The number of rotatable bonds is 6. The Hall–Kier alpha value is -1.18. The van der Waals surface area contributed by atoms with Crippen LogP contribution in [0.2, 0.25) is 0 Å². The Morgan fingerprint density at radius 2 is 1.76 bits per heavy atom. The number of hydroxylamine groups is 2. The van der Waals surface area contributed by atoms with Crippen LogP contribution in [0.15, 0.2) is 0 Å². The van der Waals surface area contributed by atoms with Crippen molar-refractivity contribution in [2.75, 3.05) is 26.4 Å². The van der Waals surface area contributed by atoms with Gasteiger partial charge in [-0.15, -0.1) is 0 Å². The van der Waals surface area contributed by atoms with Gasteiger partial charge in [0.15, 0.2) is 0 Å². The molecule has 7 heteroatoms. The van der Waals surface area contributed by atoms with Crippen molar-refractivity contribution in [1.82, 2.24) is 5.06 Å². The molecule has 2 fully saturated rings. The van der Waals surface area contributed by atoms with Crippen LogP contribution in [0.5, 0.6) is 0 Å². The third-order valence-corrected chi connectivity index (χ3v) is 3.88. The SMILES string of the molecule is CCOC(=O)C1(C(=O)OCC)[C@@H](OCC)ON2CCC[C@@H]21. The average molecular weight is 301 g/mol. The van der Waals surface area contributed by atoms with E-state index in [0.717, 1.165) is 6.42 Å². The lowest BCUT2D eigenvalue weighted by atomic mass is 9.79. The Balaban J connectivity index is 2.41. The second-order valence-electron chi connectivity index (χ2n) is 5.00. The fourth-order valence-electron chi connectivity index (χ4n) is 3.05. The highest BCUT2D eigenvalue weighted by molar-refractivity contribution is 6.02. The minimum absolute atomic E-state index is 0.186. The van der Waals surface area contributed by atoms with E-state index in [9.17, 15) is 9.59 Å². The molecule has 2 aliphatic rings. The number of nitrogens with zero attached hydrogens (tertiary/aromatic N) is 1. The van der Waals surface area contributed by atoms with Gasteiger partial charge in [0.1, 0.15) is 0 Å². The molecule has 0 radical (unpaired) electrons. The molecule has 0 spiro atoms. The standard InChI is InChI=1S/C14H23NO6/c1-4-18-11(16)14(12(17)19-5-2)10-8-7-9-15(10)21-13(14)20-6-3/h10,13H,4-9H2,1-3H3/t10-,13+/m1/s1. The maximum Gasteiger partial charge on any atom is 0.330 e. The number of esters is 2. The van der Waals surface area contributed by atoms with Crippen molar-refractivity contribution in [3.8, 4) is 0 Å². The van der Waals surface area contributed by atoms with Gasteiger partial charge in [-0.25, -0.2) is 0 Å². The van der Waals surface area contributed by atoms with E-state index >= 15 is 0 Å². The molecule has 0 N–H and O–H groups in total. The highest BCUT2D eigenvalue weighted by Gasteiger charge is 2.69. The first-order valence-electron chi connectivity index (χ1n) is 7.52. The highest BCUT2D eigenvalue weighted by Crippen LogP contribution is 2.47. The van der Waals surface area contributed by atoms with Crippen LogP contribution in [0, 0.1) is 5.41 Å². The summed E-state index contributed by atoms with van der Waals surface area (Å²) >= 11 is 0. The van der Waals surface area contributed by atoms with Gasteiger partial charge in [-0.3, -0.25) is 14.4 Å². The molecule has 0 bridgehead atoms. The lowest BCUT2D eigenvalue weighted by Gasteiger charge is -2.31. The molecule has 2 saturated heterocycles. The van der Waals surface area contributed by atoms with Crippen LogP contribution in [0.25, 0.3) is 0 Å². The molecule has 0 aliphatic carbocycles. The summed E-state index contributed by atoms with van der Waals surface area (Å²) in [6.45, 7) is 6.55. The van der Waals surface area contributed by atoms with Crippen LogP contribution >= 0.6 is 0 Å². The molecule has 0 amide bonds. The van der Waals surface area contributed by atoms with Gasteiger partial charge in [0.25, 0.3) is 0 Å². The summed E-state index contributed by atoms with van der Waals surface area (Å²) in [4.78, 5) is 30.9.